The van der Waals surface area contributed by atoms with Crippen LogP contribution in [0.25, 0.3) is 0 Å². The van der Waals surface area contributed by atoms with E-state index in [0.29, 0.717) is 37.3 Å². The van der Waals surface area contributed by atoms with E-state index in [4.69, 9.17) is 9.47 Å². The molecule has 4 amide bonds. The zero-order valence-corrected chi connectivity index (χ0v) is 33.0. The Hall–Kier alpha value is -2.64. The van der Waals surface area contributed by atoms with Gasteiger partial charge in [0.2, 0.25) is 17.1 Å². The highest BCUT2D eigenvalue weighted by Crippen LogP contribution is 2.19. The van der Waals surface area contributed by atoms with Crippen LogP contribution in [0.5, 0.6) is 0 Å². The second kappa shape index (κ2) is 20.1. The second-order valence-corrected chi connectivity index (χ2v) is 15.6. The first kappa shape index (κ1) is 45.4. The smallest absolute Gasteiger partial charge is 0.410 e. The molecule has 0 spiro atoms. The molecule has 3 fully saturated rings. The molecule has 0 aromatic rings. The largest absolute Gasteiger partial charge is 0.444 e. The van der Waals surface area contributed by atoms with Gasteiger partial charge in [0.1, 0.15) is 11.2 Å². The van der Waals surface area contributed by atoms with Crippen LogP contribution >= 0.6 is 11.6 Å². The average Bonchev–Trinajstić information content (AvgIpc) is 2.85. The standard InChI is InChI=1S/C13H24N2O3.C11H22N2O2.C8H16N2O.C2H3ClO/c1-9-7-14(12(17)18-13(4,5)6)8-10(2)15(9)11(3)16;1-8-6-13(7-9(2)12-8)10(14)15-11(3,4)5;1-6-4-9-5-7(2)10(6)8(3)11;1-2(3)4/h9-10H,7-8H2,1-6H3;8-9,12H,6-7H2,1-5H3;6-7,9H,4-5H2,1-3H3;1H3/t9-,10+;8-,9+;6-,7+;. The zero-order chi connectivity index (χ0) is 37.7. The number of rotatable bonds is 0. The van der Waals surface area contributed by atoms with E-state index in [1.165, 1.54) is 6.92 Å². The van der Waals surface area contributed by atoms with Crippen LogP contribution in [0.2, 0.25) is 0 Å². The Kier molecular flexibility index (Phi) is 19.0. The number of carbonyl (C=O) groups excluding carboxylic acids is 5. The highest BCUT2D eigenvalue weighted by Gasteiger charge is 2.35. The maximum absolute atomic E-state index is 12.0. The first-order valence-electron chi connectivity index (χ1n) is 16.9. The molecular weight excluding hydrogens is 640 g/mol. The quantitative estimate of drug-likeness (QED) is 0.350. The van der Waals surface area contributed by atoms with Gasteiger partial charge in [0, 0.05) is 96.3 Å². The maximum Gasteiger partial charge on any atom is 0.410 e. The number of hydrogen-bond donors (Lipinski definition) is 2. The Morgan fingerprint density at radius 2 is 0.875 bits per heavy atom. The molecule has 0 aromatic carbocycles. The molecule has 2 N–H and O–H groups in total. The Bertz CT molecular complexity index is 1030. The van der Waals surface area contributed by atoms with Crippen molar-refractivity contribution in [2.75, 3.05) is 39.3 Å². The lowest BCUT2D eigenvalue weighted by molar-refractivity contribution is -0.136. The van der Waals surface area contributed by atoms with Gasteiger partial charge in [-0.2, -0.15) is 0 Å². The summed E-state index contributed by atoms with van der Waals surface area (Å²) >= 11 is 4.64. The lowest BCUT2D eigenvalue weighted by Gasteiger charge is -2.44. The monoisotopic (exact) mass is 704 g/mol. The molecule has 0 bridgehead atoms. The summed E-state index contributed by atoms with van der Waals surface area (Å²) in [6, 6.07) is 1.41. The van der Waals surface area contributed by atoms with Crippen molar-refractivity contribution in [3.05, 3.63) is 0 Å². The topological polar surface area (TPSA) is 141 Å². The second-order valence-electron chi connectivity index (χ2n) is 15.1. The van der Waals surface area contributed by atoms with Gasteiger partial charge in [-0.15, -0.1) is 0 Å². The van der Waals surface area contributed by atoms with Crippen LogP contribution < -0.4 is 10.6 Å². The molecule has 0 saturated carbocycles. The van der Waals surface area contributed by atoms with Crippen molar-refractivity contribution in [2.24, 2.45) is 0 Å². The zero-order valence-electron chi connectivity index (χ0n) is 32.2. The first-order valence-corrected chi connectivity index (χ1v) is 17.3. The summed E-state index contributed by atoms with van der Waals surface area (Å²) in [5, 5.41) is 6.29. The molecule has 3 saturated heterocycles. The van der Waals surface area contributed by atoms with Gasteiger partial charge in [0.05, 0.1) is 0 Å². The minimum atomic E-state index is -0.485. The number of amides is 4. The van der Waals surface area contributed by atoms with Crippen LogP contribution in [0, 0.1) is 0 Å². The van der Waals surface area contributed by atoms with Crippen molar-refractivity contribution in [2.45, 2.75) is 151 Å². The third kappa shape index (κ3) is 18.2. The van der Waals surface area contributed by atoms with Crippen molar-refractivity contribution in [3.8, 4) is 0 Å². The lowest BCUT2D eigenvalue weighted by Crippen LogP contribution is -2.59. The number of nitrogens with one attached hydrogen (secondary N) is 2. The van der Waals surface area contributed by atoms with Gasteiger partial charge in [-0.05, 0) is 94.7 Å². The molecule has 280 valence electrons. The van der Waals surface area contributed by atoms with Crippen LogP contribution in [0.3, 0.4) is 0 Å². The Labute approximate surface area is 294 Å². The number of halogens is 1. The number of ether oxygens (including phenoxy) is 2. The van der Waals surface area contributed by atoms with E-state index in [2.05, 4.69) is 49.9 Å². The van der Waals surface area contributed by atoms with E-state index in [-0.39, 0.29) is 41.3 Å². The molecule has 0 radical (unpaired) electrons. The fraction of sp³-hybridized carbons (Fsp3) is 0.853. The van der Waals surface area contributed by atoms with Gasteiger partial charge >= 0.3 is 12.2 Å². The van der Waals surface area contributed by atoms with Crippen molar-refractivity contribution in [1.82, 2.24) is 30.2 Å². The highest BCUT2D eigenvalue weighted by atomic mass is 35.5. The van der Waals surface area contributed by atoms with Crippen LogP contribution in [-0.2, 0) is 23.9 Å². The fourth-order valence-electron chi connectivity index (χ4n) is 5.97. The van der Waals surface area contributed by atoms with Crippen molar-refractivity contribution < 1.29 is 33.4 Å². The molecule has 6 atom stereocenters. The Morgan fingerprint density at radius 1 is 0.583 bits per heavy atom. The molecule has 0 aliphatic carbocycles. The number of hydrogen-bond acceptors (Lipinski definition) is 9. The van der Waals surface area contributed by atoms with Crippen LogP contribution in [0.1, 0.15) is 104 Å². The third-order valence-electron chi connectivity index (χ3n) is 7.34. The molecular formula is C34H65ClN6O7. The average molecular weight is 705 g/mol. The minimum absolute atomic E-state index is 0.0266. The predicted molar refractivity (Wildman–Crippen MR) is 190 cm³/mol. The van der Waals surface area contributed by atoms with Gasteiger partial charge in [0.25, 0.3) is 0 Å². The van der Waals surface area contributed by atoms with E-state index in [9.17, 15) is 24.0 Å². The van der Waals surface area contributed by atoms with Crippen LogP contribution in [0.15, 0.2) is 0 Å². The Morgan fingerprint density at radius 3 is 1.15 bits per heavy atom. The van der Waals surface area contributed by atoms with Crippen molar-refractivity contribution >= 4 is 40.8 Å². The molecule has 3 aliphatic heterocycles. The molecule has 3 rings (SSSR count). The molecule has 0 aromatic heterocycles. The molecule has 13 nitrogen and oxygen atoms in total. The molecule has 0 unspecified atom stereocenters. The molecule has 14 heteroatoms. The predicted octanol–water partition coefficient (Wildman–Crippen LogP) is 4.45. The number of carbonyl (C=O) groups is 5. The first-order chi connectivity index (χ1) is 21.7. The molecule has 3 aliphatic rings. The Balaban J connectivity index is 0.000000667. The van der Waals surface area contributed by atoms with Gasteiger partial charge in [-0.25, -0.2) is 9.59 Å². The minimum Gasteiger partial charge on any atom is -0.444 e. The summed E-state index contributed by atoms with van der Waals surface area (Å²) in [5.41, 5.74) is -0.893. The summed E-state index contributed by atoms with van der Waals surface area (Å²) in [6.45, 7) is 32.3. The van der Waals surface area contributed by atoms with E-state index in [1.54, 1.807) is 23.6 Å². The third-order valence-corrected chi connectivity index (χ3v) is 7.34. The summed E-state index contributed by atoms with van der Waals surface area (Å²) in [7, 11) is 0. The van der Waals surface area contributed by atoms with Crippen LogP contribution in [0.4, 0.5) is 9.59 Å². The number of nitrogens with zero attached hydrogens (tertiary/aromatic N) is 4. The summed E-state index contributed by atoms with van der Waals surface area (Å²) < 4.78 is 10.7. The SMILES string of the molecule is CC(=O)Cl.CC(=O)N1[C@H](C)CN(C(=O)OC(C)(C)C)C[C@@H]1C.CC(=O)N1[C@H](C)CNC[C@@H]1C.C[C@@H]1CN(C(=O)OC(C)(C)C)C[C@H](C)N1. The fourth-order valence-corrected chi connectivity index (χ4v) is 5.97. The van der Waals surface area contributed by atoms with Crippen molar-refractivity contribution in [1.29, 1.82) is 0 Å². The normalized spacial score (nSPS) is 25.9. The summed E-state index contributed by atoms with van der Waals surface area (Å²) in [5.74, 6) is 0.241. The van der Waals surface area contributed by atoms with Gasteiger partial charge < -0.3 is 39.7 Å². The lowest BCUT2D eigenvalue weighted by atomic mass is 10.1. The van der Waals surface area contributed by atoms with Gasteiger partial charge in [-0.3, -0.25) is 14.4 Å². The molecule has 3 heterocycles. The maximum atomic E-state index is 12.0. The number of piperazine rings is 3. The van der Waals surface area contributed by atoms with E-state index >= 15 is 0 Å². The molecule has 48 heavy (non-hydrogen) atoms. The van der Waals surface area contributed by atoms with E-state index < -0.39 is 11.2 Å². The summed E-state index contributed by atoms with van der Waals surface area (Å²) in [4.78, 5) is 62.8. The van der Waals surface area contributed by atoms with E-state index in [1.807, 2.05) is 65.2 Å². The van der Waals surface area contributed by atoms with Crippen molar-refractivity contribution in [3.63, 3.8) is 0 Å². The van der Waals surface area contributed by atoms with Crippen LogP contribution in [-0.4, -0.2) is 136 Å². The summed E-state index contributed by atoms with van der Waals surface area (Å²) in [6.07, 6.45) is -0.507. The highest BCUT2D eigenvalue weighted by molar-refractivity contribution is 6.62. The van der Waals surface area contributed by atoms with Gasteiger partial charge in [-0.1, -0.05) is 0 Å². The van der Waals surface area contributed by atoms with Gasteiger partial charge in [0.15, 0.2) is 0 Å². The van der Waals surface area contributed by atoms with E-state index in [0.717, 1.165) is 26.2 Å².